The Morgan fingerprint density at radius 3 is 2.47 bits per heavy atom. The van der Waals surface area contributed by atoms with Crippen LogP contribution in [0.15, 0.2) is 30.3 Å². The Labute approximate surface area is 96.5 Å². The molecule has 1 atom stereocenters. The molecule has 1 aromatic rings. The van der Waals surface area contributed by atoms with Crippen LogP contribution in [0, 0.1) is 0 Å². The lowest BCUT2D eigenvalue weighted by molar-refractivity contribution is -0.118. The average molecular weight is 225 g/mol. The van der Waals surface area contributed by atoms with Crippen LogP contribution < -0.4 is 0 Å². The van der Waals surface area contributed by atoms with Gasteiger partial charge in [-0.3, -0.25) is 4.79 Å². The lowest BCUT2D eigenvalue weighted by Crippen LogP contribution is -2.08. The number of benzene rings is 1. The van der Waals surface area contributed by atoms with E-state index in [9.17, 15) is 4.79 Å². The van der Waals surface area contributed by atoms with Gasteiger partial charge in [0.2, 0.25) is 0 Å². The highest BCUT2D eigenvalue weighted by atomic mass is 35.5. The molecule has 15 heavy (non-hydrogen) atoms. The van der Waals surface area contributed by atoms with Gasteiger partial charge in [-0.2, -0.15) is 0 Å². The fourth-order valence-electron chi connectivity index (χ4n) is 1.73. The molecule has 0 aromatic heterocycles. The highest BCUT2D eigenvalue weighted by Gasteiger charge is 2.15. The van der Waals surface area contributed by atoms with Crippen LogP contribution in [0.25, 0.3) is 0 Å². The number of alkyl halides is 1. The molecule has 0 aliphatic rings. The maximum Gasteiger partial charge on any atom is 0.137 e. The van der Waals surface area contributed by atoms with Crippen LogP contribution in [-0.2, 0) is 4.79 Å². The van der Waals surface area contributed by atoms with Crippen molar-refractivity contribution in [3.05, 3.63) is 35.9 Å². The first-order chi connectivity index (χ1) is 7.25. The van der Waals surface area contributed by atoms with Crippen molar-refractivity contribution in [1.29, 1.82) is 0 Å². The van der Waals surface area contributed by atoms with Gasteiger partial charge in [-0.05, 0) is 25.3 Å². The Morgan fingerprint density at radius 2 is 1.93 bits per heavy atom. The standard InChI is InChI=1S/C13H17ClO/c1-11(15)13(9-5-6-10-14)12-7-3-2-4-8-12/h2-4,7-8,13H,5-6,9-10H2,1H3. The van der Waals surface area contributed by atoms with Gasteiger partial charge in [0, 0.05) is 11.8 Å². The number of hydrogen-bond donors (Lipinski definition) is 0. The molecule has 0 heterocycles. The minimum Gasteiger partial charge on any atom is -0.299 e. The predicted molar refractivity (Wildman–Crippen MR) is 64.4 cm³/mol. The van der Waals surface area contributed by atoms with Gasteiger partial charge in [-0.25, -0.2) is 0 Å². The largest absolute Gasteiger partial charge is 0.299 e. The quantitative estimate of drug-likeness (QED) is 0.531. The van der Waals surface area contributed by atoms with Gasteiger partial charge in [-0.1, -0.05) is 36.8 Å². The second kappa shape index (κ2) is 6.62. The van der Waals surface area contributed by atoms with E-state index < -0.39 is 0 Å². The number of unbranched alkanes of at least 4 members (excludes halogenated alkanes) is 1. The normalized spacial score (nSPS) is 12.4. The molecule has 0 bridgehead atoms. The van der Waals surface area contributed by atoms with Crippen molar-refractivity contribution >= 4 is 17.4 Å². The highest BCUT2D eigenvalue weighted by Crippen LogP contribution is 2.22. The number of halogens is 1. The number of rotatable bonds is 6. The van der Waals surface area contributed by atoms with Gasteiger partial charge in [0.15, 0.2) is 0 Å². The van der Waals surface area contributed by atoms with E-state index in [1.54, 1.807) is 6.92 Å². The summed E-state index contributed by atoms with van der Waals surface area (Å²) in [4.78, 5) is 11.5. The summed E-state index contributed by atoms with van der Waals surface area (Å²) < 4.78 is 0. The van der Waals surface area contributed by atoms with E-state index in [-0.39, 0.29) is 11.7 Å². The Hall–Kier alpha value is -0.820. The molecule has 1 rings (SSSR count). The maximum absolute atomic E-state index is 11.5. The number of carbonyl (C=O) groups is 1. The molecule has 0 spiro atoms. The second-order valence-corrected chi connectivity index (χ2v) is 4.14. The van der Waals surface area contributed by atoms with Crippen LogP contribution in [-0.4, -0.2) is 11.7 Å². The Balaban J connectivity index is 2.62. The summed E-state index contributed by atoms with van der Waals surface area (Å²) in [5, 5.41) is 0. The number of ketones is 1. The molecule has 1 unspecified atom stereocenters. The summed E-state index contributed by atoms with van der Waals surface area (Å²) in [5.74, 6) is 0.976. The van der Waals surface area contributed by atoms with Crippen molar-refractivity contribution in [2.24, 2.45) is 0 Å². The molecule has 0 aliphatic heterocycles. The third-order valence-corrected chi connectivity index (χ3v) is 2.84. The predicted octanol–water partition coefficient (Wildman–Crippen LogP) is 3.77. The molecule has 0 amide bonds. The Bertz CT molecular complexity index is 295. The SMILES string of the molecule is CC(=O)C(CCCCCl)c1ccccc1. The van der Waals surface area contributed by atoms with E-state index >= 15 is 0 Å². The van der Waals surface area contributed by atoms with Crippen LogP contribution in [0.2, 0.25) is 0 Å². The van der Waals surface area contributed by atoms with E-state index in [1.165, 1.54) is 0 Å². The molecule has 0 saturated carbocycles. The fourth-order valence-corrected chi connectivity index (χ4v) is 1.92. The van der Waals surface area contributed by atoms with Crippen molar-refractivity contribution in [1.82, 2.24) is 0 Å². The zero-order chi connectivity index (χ0) is 11.1. The molecule has 0 N–H and O–H groups in total. The van der Waals surface area contributed by atoms with Crippen molar-refractivity contribution < 1.29 is 4.79 Å². The van der Waals surface area contributed by atoms with Crippen LogP contribution in [0.5, 0.6) is 0 Å². The van der Waals surface area contributed by atoms with Crippen LogP contribution in [0.4, 0.5) is 0 Å². The molecule has 0 saturated heterocycles. The Kier molecular flexibility index (Phi) is 5.41. The summed E-state index contributed by atoms with van der Waals surface area (Å²) in [6.07, 6.45) is 2.91. The van der Waals surface area contributed by atoms with Gasteiger partial charge in [0.1, 0.15) is 5.78 Å². The van der Waals surface area contributed by atoms with E-state index in [0.717, 1.165) is 24.8 Å². The van der Waals surface area contributed by atoms with Crippen molar-refractivity contribution in [2.75, 3.05) is 5.88 Å². The first-order valence-corrected chi connectivity index (χ1v) is 5.90. The number of hydrogen-bond acceptors (Lipinski definition) is 1. The van der Waals surface area contributed by atoms with Gasteiger partial charge < -0.3 is 0 Å². The zero-order valence-corrected chi connectivity index (χ0v) is 9.83. The molecular formula is C13H17ClO. The van der Waals surface area contributed by atoms with E-state index in [2.05, 4.69) is 0 Å². The van der Waals surface area contributed by atoms with Crippen molar-refractivity contribution in [3.63, 3.8) is 0 Å². The van der Waals surface area contributed by atoms with Crippen molar-refractivity contribution in [3.8, 4) is 0 Å². The summed E-state index contributed by atoms with van der Waals surface area (Å²) in [7, 11) is 0. The average Bonchev–Trinajstić information content (AvgIpc) is 2.25. The van der Waals surface area contributed by atoms with E-state index in [0.29, 0.717) is 5.88 Å². The molecule has 0 fully saturated rings. The lowest BCUT2D eigenvalue weighted by atomic mass is 9.90. The first-order valence-electron chi connectivity index (χ1n) is 5.37. The first kappa shape index (κ1) is 12.3. The molecule has 1 aromatic carbocycles. The highest BCUT2D eigenvalue weighted by molar-refractivity contribution is 6.17. The van der Waals surface area contributed by atoms with Crippen LogP contribution >= 0.6 is 11.6 Å². The fraction of sp³-hybridized carbons (Fsp3) is 0.462. The summed E-state index contributed by atoms with van der Waals surface area (Å²) in [5.41, 5.74) is 1.12. The van der Waals surface area contributed by atoms with Gasteiger partial charge in [-0.15, -0.1) is 11.6 Å². The third kappa shape index (κ3) is 4.05. The number of Topliss-reactive ketones (excluding diaryl/α,β-unsaturated/α-hetero) is 1. The van der Waals surface area contributed by atoms with Crippen molar-refractivity contribution in [2.45, 2.75) is 32.1 Å². The minimum absolute atomic E-state index is 0.0504. The summed E-state index contributed by atoms with van der Waals surface area (Å²) in [6, 6.07) is 9.97. The van der Waals surface area contributed by atoms with Gasteiger partial charge in [0.05, 0.1) is 0 Å². The lowest BCUT2D eigenvalue weighted by Gasteiger charge is -2.13. The molecule has 0 radical (unpaired) electrons. The Morgan fingerprint density at radius 1 is 1.27 bits per heavy atom. The summed E-state index contributed by atoms with van der Waals surface area (Å²) in [6.45, 7) is 1.67. The van der Waals surface area contributed by atoms with Crippen LogP contribution in [0.1, 0.15) is 37.7 Å². The number of carbonyl (C=O) groups excluding carboxylic acids is 1. The van der Waals surface area contributed by atoms with Gasteiger partial charge in [0.25, 0.3) is 0 Å². The maximum atomic E-state index is 11.5. The van der Waals surface area contributed by atoms with Crippen LogP contribution in [0.3, 0.4) is 0 Å². The third-order valence-electron chi connectivity index (χ3n) is 2.57. The van der Waals surface area contributed by atoms with E-state index in [1.807, 2.05) is 30.3 Å². The summed E-state index contributed by atoms with van der Waals surface area (Å²) >= 11 is 5.63. The minimum atomic E-state index is 0.0504. The van der Waals surface area contributed by atoms with E-state index in [4.69, 9.17) is 11.6 Å². The van der Waals surface area contributed by atoms with Gasteiger partial charge >= 0.3 is 0 Å². The zero-order valence-electron chi connectivity index (χ0n) is 9.08. The molecule has 1 nitrogen and oxygen atoms in total. The molecule has 82 valence electrons. The second-order valence-electron chi connectivity index (χ2n) is 3.76. The smallest absolute Gasteiger partial charge is 0.137 e. The monoisotopic (exact) mass is 224 g/mol. The molecule has 2 heteroatoms. The topological polar surface area (TPSA) is 17.1 Å². The molecule has 0 aliphatic carbocycles. The molecular weight excluding hydrogens is 208 g/mol.